The van der Waals surface area contributed by atoms with Gasteiger partial charge in [0, 0.05) is 35.1 Å². The number of rotatable bonds is 4. The third-order valence-corrected chi connectivity index (χ3v) is 5.19. The number of pyridine rings is 1. The summed E-state index contributed by atoms with van der Waals surface area (Å²) in [5, 5.41) is 11.4. The molecule has 7 heteroatoms. The molecule has 0 bridgehead atoms. The number of nitrogens with zero attached hydrogens (tertiary/aromatic N) is 2. The van der Waals surface area contributed by atoms with Crippen molar-refractivity contribution in [3.63, 3.8) is 0 Å². The van der Waals surface area contributed by atoms with E-state index in [1.807, 2.05) is 0 Å². The van der Waals surface area contributed by atoms with Gasteiger partial charge in [0.2, 0.25) is 0 Å². The molecule has 1 aromatic heterocycles. The Bertz CT molecular complexity index is 1150. The number of aliphatic hydroxyl groups is 1. The molecule has 2 heterocycles. The summed E-state index contributed by atoms with van der Waals surface area (Å²) in [6, 6.07) is 14.4. The van der Waals surface area contributed by atoms with E-state index in [9.17, 15) is 19.1 Å². The van der Waals surface area contributed by atoms with Gasteiger partial charge in [-0.15, -0.1) is 0 Å². The number of carbonyl (C=O) groups is 2. The minimum Gasteiger partial charge on any atom is -0.507 e. The summed E-state index contributed by atoms with van der Waals surface area (Å²) in [5.41, 5.74) is 0.930. The summed E-state index contributed by atoms with van der Waals surface area (Å²) in [5.74, 6) is -2.66. The third kappa shape index (κ3) is 3.57. The molecule has 150 valence electrons. The van der Waals surface area contributed by atoms with E-state index in [2.05, 4.69) is 4.98 Å². The Labute approximate surface area is 177 Å². The van der Waals surface area contributed by atoms with Gasteiger partial charge in [-0.25, -0.2) is 4.39 Å². The Morgan fingerprint density at radius 2 is 1.80 bits per heavy atom. The normalized spacial score (nSPS) is 18.1. The summed E-state index contributed by atoms with van der Waals surface area (Å²) in [6.45, 7) is 0.0365. The molecule has 30 heavy (non-hydrogen) atoms. The maximum Gasteiger partial charge on any atom is 0.295 e. The highest BCUT2D eigenvalue weighted by molar-refractivity contribution is 6.46. The molecule has 0 spiro atoms. The smallest absolute Gasteiger partial charge is 0.295 e. The van der Waals surface area contributed by atoms with Gasteiger partial charge in [-0.1, -0.05) is 35.9 Å². The molecule has 1 atom stereocenters. The number of aliphatic hydroxyl groups excluding tert-OH is 1. The van der Waals surface area contributed by atoms with E-state index in [0.717, 1.165) is 0 Å². The van der Waals surface area contributed by atoms with Crippen LogP contribution in [0.3, 0.4) is 0 Å². The van der Waals surface area contributed by atoms with E-state index < -0.39 is 23.5 Å². The minimum atomic E-state index is -1.08. The van der Waals surface area contributed by atoms with Crippen LogP contribution in [0.15, 0.2) is 78.6 Å². The van der Waals surface area contributed by atoms with Gasteiger partial charge in [0.1, 0.15) is 11.6 Å². The summed E-state index contributed by atoms with van der Waals surface area (Å²) in [7, 11) is 0. The summed E-state index contributed by atoms with van der Waals surface area (Å²) in [4.78, 5) is 31.1. The van der Waals surface area contributed by atoms with Crippen LogP contribution in [0.2, 0.25) is 5.02 Å². The number of hydrogen-bond donors (Lipinski definition) is 1. The Kier molecular flexibility index (Phi) is 5.33. The lowest BCUT2D eigenvalue weighted by Crippen LogP contribution is -2.29. The molecule has 0 radical (unpaired) electrons. The van der Waals surface area contributed by atoms with Gasteiger partial charge in [0.25, 0.3) is 11.7 Å². The molecule has 2 aromatic carbocycles. The van der Waals surface area contributed by atoms with E-state index >= 15 is 0 Å². The molecule has 0 unspecified atom stereocenters. The van der Waals surface area contributed by atoms with Gasteiger partial charge < -0.3 is 10.0 Å². The van der Waals surface area contributed by atoms with Crippen LogP contribution in [-0.4, -0.2) is 26.7 Å². The Morgan fingerprint density at radius 1 is 1.07 bits per heavy atom. The number of ketones is 1. The standard InChI is InChI=1S/C23H16ClFN2O3/c24-16-9-7-15(8-10-16)21(28)19-20(17-5-1-2-6-18(17)25)27(23(30)22(19)29)13-14-4-3-11-26-12-14/h1-12,20,28H,13H2/b21-19+/t20-/m1/s1. The average molecular weight is 423 g/mol. The average Bonchev–Trinajstić information content (AvgIpc) is 3.00. The van der Waals surface area contributed by atoms with Crippen molar-refractivity contribution in [3.8, 4) is 0 Å². The second-order valence-corrected chi connectivity index (χ2v) is 7.25. The summed E-state index contributed by atoms with van der Waals surface area (Å²) in [6.07, 6.45) is 3.16. The van der Waals surface area contributed by atoms with Crippen molar-refractivity contribution in [2.24, 2.45) is 0 Å². The summed E-state index contributed by atoms with van der Waals surface area (Å²) < 4.78 is 14.7. The topological polar surface area (TPSA) is 70.5 Å². The number of likely N-dealkylation sites (tertiary alicyclic amines) is 1. The summed E-state index contributed by atoms with van der Waals surface area (Å²) >= 11 is 5.90. The fraction of sp³-hybridized carbons (Fsp3) is 0.0870. The van der Waals surface area contributed by atoms with Crippen molar-refractivity contribution in [2.45, 2.75) is 12.6 Å². The Hall–Kier alpha value is -3.51. The number of Topliss-reactive ketones (excluding diaryl/α,β-unsaturated/α-hetero) is 1. The van der Waals surface area contributed by atoms with E-state index in [4.69, 9.17) is 11.6 Å². The van der Waals surface area contributed by atoms with E-state index in [1.54, 1.807) is 42.7 Å². The van der Waals surface area contributed by atoms with Crippen LogP contribution < -0.4 is 0 Å². The van der Waals surface area contributed by atoms with Crippen molar-refractivity contribution in [2.75, 3.05) is 0 Å². The molecule has 1 saturated heterocycles. The van der Waals surface area contributed by atoms with Gasteiger partial charge >= 0.3 is 0 Å². The van der Waals surface area contributed by atoms with E-state index in [0.29, 0.717) is 16.1 Å². The molecular weight excluding hydrogens is 407 g/mol. The van der Waals surface area contributed by atoms with Crippen molar-refractivity contribution < 1.29 is 19.1 Å². The maximum absolute atomic E-state index is 14.7. The number of hydrogen-bond acceptors (Lipinski definition) is 4. The van der Waals surface area contributed by atoms with Crippen LogP contribution in [0.4, 0.5) is 4.39 Å². The molecule has 0 aliphatic carbocycles. The molecule has 5 nitrogen and oxygen atoms in total. The molecule has 3 aromatic rings. The monoisotopic (exact) mass is 422 g/mol. The first kappa shape index (κ1) is 19.8. The first-order valence-corrected chi connectivity index (χ1v) is 9.53. The highest BCUT2D eigenvalue weighted by Gasteiger charge is 2.46. The largest absolute Gasteiger partial charge is 0.507 e. The van der Waals surface area contributed by atoms with Crippen molar-refractivity contribution in [3.05, 3.63) is 106 Å². The molecule has 1 N–H and O–H groups in total. The number of carbonyl (C=O) groups excluding carboxylic acids is 2. The predicted molar refractivity (Wildman–Crippen MR) is 110 cm³/mol. The fourth-order valence-corrected chi connectivity index (χ4v) is 3.64. The third-order valence-electron chi connectivity index (χ3n) is 4.93. The van der Waals surface area contributed by atoms with E-state index in [-0.39, 0.29) is 23.4 Å². The van der Waals surface area contributed by atoms with Gasteiger partial charge in [-0.05, 0) is 42.0 Å². The van der Waals surface area contributed by atoms with Crippen molar-refractivity contribution in [1.29, 1.82) is 0 Å². The van der Waals surface area contributed by atoms with Crippen molar-refractivity contribution >= 4 is 29.1 Å². The van der Waals surface area contributed by atoms with Gasteiger partial charge in [0.05, 0.1) is 11.6 Å². The lowest BCUT2D eigenvalue weighted by atomic mass is 9.95. The molecule has 0 saturated carbocycles. The fourth-order valence-electron chi connectivity index (χ4n) is 3.51. The first-order chi connectivity index (χ1) is 14.5. The lowest BCUT2D eigenvalue weighted by molar-refractivity contribution is -0.140. The number of halogens is 2. The van der Waals surface area contributed by atoms with E-state index in [1.165, 1.54) is 35.2 Å². The SMILES string of the molecule is O=C1C(=O)N(Cc2cccnc2)[C@H](c2ccccc2F)/C1=C(\O)c1ccc(Cl)cc1. The van der Waals surface area contributed by atoms with Crippen LogP contribution >= 0.6 is 11.6 Å². The van der Waals surface area contributed by atoms with Crippen LogP contribution in [0.25, 0.3) is 5.76 Å². The minimum absolute atomic E-state index is 0.0365. The van der Waals surface area contributed by atoms with Crippen LogP contribution in [0, 0.1) is 5.82 Å². The number of aromatic nitrogens is 1. The Balaban J connectivity index is 1.88. The lowest BCUT2D eigenvalue weighted by Gasteiger charge is -2.25. The predicted octanol–water partition coefficient (Wildman–Crippen LogP) is 4.50. The molecular formula is C23H16ClFN2O3. The molecule has 4 rings (SSSR count). The zero-order valence-electron chi connectivity index (χ0n) is 15.6. The van der Waals surface area contributed by atoms with Gasteiger partial charge in [-0.3, -0.25) is 14.6 Å². The van der Waals surface area contributed by atoms with Crippen LogP contribution in [0.5, 0.6) is 0 Å². The molecule has 1 amide bonds. The second kappa shape index (κ2) is 8.08. The van der Waals surface area contributed by atoms with Crippen molar-refractivity contribution in [1.82, 2.24) is 9.88 Å². The van der Waals surface area contributed by atoms with Crippen LogP contribution in [-0.2, 0) is 16.1 Å². The number of amides is 1. The molecule has 1 fully saturated rings. The van der Waals surface area contributed by atoms with Gasteiger partial charge in [0.15, 0.2) is 0 Å². The molecule has 1 aliphatic rings. The highest BCUT2D eigenvalue weighted by Crippen LogP contribution is 2.41. The Morgan fingerprint density at radius 3 is 2.47 bits per heavy atom. The zero-order chi connectivity index (χ0) is 21.3. The highest BCUT2D eigenvalue weighted by atomic mass is 35.5. The quantitative estimate of drug-likeness (QED) is 0.382. The zero-order valence-corrected chi connectivity index (χ0v) is 16.4. The second-order valence-electron chi connectivity index (χ2n) is 6.82. The van der Waals surface area contributed by atoms with Gasteiger partial charge in [-0.2, -0.15) is 0 Å². The van der Waals surface area contributed by atoms with Crippen LogP contribution in [0.1, 0.15) is 22.7 Å². The molecule has 1 aliphatic heterocycles. The maximum atomic E-state index is 14.7. The number of benzene rings is 2. The first-order valence-electron chi connectivity index (χ1n) is 9.15.